The van der Waals surface area contributed by atoms with Crippen LogP contribution in [-0.2, 0) is 21.4 Å². The Morgan fingerprint density at radius 2 is 1.62 bits per heavy atom. The summed E-state index contributed by atoms with van der Waals surface area (Å²) in [6.45, 7) is 10.2. The zero-order valence-electron chi connectivity index (χ0n) is 19.4. The van der Waals surface area contributed by atoms with Crippen molar-refractivity contribution in [3.63, 3.8) is 0 Å². The van der Waals surface area contributed by atoms with Crippen molar-refractivity contribution in [2.45, 2.75) is 52.1 Å². The number of nitrogens with one attached hydrogen (secondary N) is 2. The normalized spacial score (nSPS) is 12.6. The summed E-state index contributed by atoms with van der Waals surface area (Å²) in [5.41, 5.74) is 2.29. The molecule has 32 heavy (non-hydrogen) atoms. The molecule has 0 aliphatic carbocycles. The van der Waals surface area contributed by atoms with E-state index < -0.39 is 22.0 Å². The molecule has 0 unspecified atom stereocenters. The van der Waals surface area contributed by atoms with Crippen molar-refractivity contribution >= 4 is 21.8 Å². The maximum absolute atomic E-state index is 12.9. The van der Waals surface area contributed by atoms with Gasteiger partial charge in [0.05, 0.1) is 4.90 Å². The number of nitrogens with zero attached hydrogens (tertiary/aromatic N) is 1. The Kier molecular flexibility index (Phi) is 8.98. The average molecular weight is 460 g/mol. The zero-order chi connectivity index (χ0) is 23.9. The van der Waals surface area contributed by atoms with Gasteiger partial charge in [-0.2, -0.15) is 4.31 Å². The predicted molar refractivity (Wildman–Crippen MR) is 126 cm³/mol. The third kappa shape index (κ3) is 6.40. The van der Waals surface area contributed by atoms with Crippen molar-refractivity contribution in [3.05, 3.63) is 65.2 Å². The SMILES string of the molecule is CCN(CC)S(=O)(=O)c1cccc(C(=O)N[C@@H](C(=O)NCc2ccc(C)cc2)C(C)C)c1. The Morgan fingerprint density at radius 1 is 1.00 bits per heavy atom. The highest BCUT2D eigenvalue weighted by molar-refractivity contribution is 7.89. The minimum Gasteiger partial charge on any atom is -0.350 e. The van der Waals surface area contributed by atoms with Crippen LogP contribution in [0.25, 0.3) is 0 Å². The second-order valence-corrected chi connectivity index (χ2v) is 9.95. The molecule has 0 fully saturated rings. The van der Waals surface area contributed by atoms with E-state index >= 15 is 0 Å². The monoisotopic (exact) mass is 459 g/mol. The summed E-state index contributed by atoms with van der Waals surface area (Å²) in [6, 6.07) is 13.0. The number of aryl methyl sites for hydroxylation is 1. The summed E-state index contributed by atoms with van der Waals surface area (Å²) < 4.78 is 26.9. The quantitative estimate of drug-likeness (QED) is 0.571. The molecule has 0 saturated heterocycles. The fraction of sp³-hybridized carbons (Fsp3) is 0.417. The first-order chi connectivity index (χ1) is 15.1. The first kappa shape index (κ1) is 25.5. The molecule has 2 aromatic carbocycles. The number of carbonyl (C=O) groups excluding carboxylic acids is 2. The fourth-order valence-electron chi connectivity index (χ4n) is 3.27. The molecule has 2 amide bonds. The fourth-order valence-corrected chi connectivity index (χ4v) is 4.78. The van der Waals surface area contributed by atoms with E-state index in [9.17, 15) is 18.0 Å². The van der Waals surface area contributed by atoms with Crippen LogP contribution >= 0.6 is 0 Å². The number of carbonyl (C=O) groups is 2. The highest BCUT2D eigenvalue weighted by Crippen LogP contribution is 2.17. The molecular weight excluding hydrogens is 426 g/mol. The molecule has 2 aromatic rings. The lowest BCUT2D eigenvalue weighted by Gasteiger charge is -2.22. The van der Waals surface area contributed by atoms with Gasteiger partial charge in [0.1, 0.15) is 6.04 Å². The van der Waals surface area contributed by atoms with Gasteiger partial charge in [-0.15, -0.1) is 0 Å². The van der Waals surface area contributed by atoms with Gasteiger partial charge in [-0.25, -0.2) is 8.42 Å². The third-order valence-electron chi connectivity index (χ3n) is 5.26. The molecular formula is C24H33N3O4S. The van der Waals surface area contributed by atoms with Gasteiger partial charge >= 0.3 is 0 Å². The van der Waals surface area contributed by atoms with Crippen molar-refractivity contribution in [3.8, 4) is 0 Å². The average Bonchev–Trinajstić information content (AvgIpc) is 2.77. The zero-order valence-corrected chi connectivity index (χ0v) is 20.2. The van der Waals surface area contributed by atoms with Gasteiger partial charge in [0, 0.05) is 25.2 Å². The summed E-state index contributed by atoms with van der Waals surface area (Å²) in [5, 5.41) is 5.62. The first-order valence-electron chi connectivity index (χ1n) is 10.8. The van der Waals surface area contributed by atoms with Crippen molar-refractivity contribution in [1.82, 2.24) is 14.9 Å². The summed E-state index contributed by atoms with van der Waals surface area (Å²) in [5.74, 6) is -0.939. The van der Waals surface area contributed by atoms with E-state index in [2.05, 4.69) is 10.6 Å². The highest BCUT2D eigenvalue weighted by Gasteiger charge is 2.26. The second-order valence-electron chi connectivity index (χ2n) is 8.02. The van der Waals surface area contributed by atoms with E-state index in [0.29, 0.717) is 19.6 Å². The molecule has 174 valence electrons. The van der Waals surface area contributed by atoms with E-state index in [-0.39, 0.29) is 22.3 Å². The van der Waals surface area contributed by atoms with Crippen LogP contribution in [0.2, 0.25) is 0 Å². The maximum atomic E-state index is 12.9. The molecule has 2 rings (SSSR count). The van der Waals surface area contributed by atoms with Gasteiger partial charge < -0.3 is 10.6 Å². The largest absolute Gasteiger partial charge is 0.350 e. The molecule has 0 heterocycles. The van der Waals surface area contributed by atoms with Crippen molar-refractivity contribution in [2.24, 2.45) is 5.92 Å². The Morgan fingerprint density at radius 3 is 2.19 bits per heavy atom. The van der Waals surface area contributed by atoms with Crippen LogP contribution in [0.5, 0.6) is 0 Å². The summed E-state index contributed by atoms with van der Waals surface area (Å²) in [7, 11) is -3.69. The van der Waals surface area contributed by atoms with Crippen LogP contribution in [0.15, 0.2) is 53.4 Å². The lowest BCUT2D eigenvalue weighted by atomic mass is 10.0. The standard InChI is InChI=1S/C24H33N3O4S/c1-6-27(7-2)32(30,31)21-10-8-9-20(15-21)23(28)26-22(17(3)4)24(29)25-16-19-13-11-18(5)12-14-19/h8-15,17,22H,6-7,16H2,1-5H3,(H,25,29)(H,26,28)/t22-/m1/s1. The Hall–Kier alpha value is -2.71. The number of sulfonamides is 1. The molecule has 0 spiro atoms. The van der Waals surface area contributed by atoms with Gasteiger partial charge in [0.2, 0.25) is 15.9 Å². The second kappa shape index (κ2) is 11.2. The molecule has 0 aliphatic rings. The summed E-state index contributed by atoms with van der Waals surface area (Å²) in [6.07, 6.45) is 0. The van der Waals surface area contributed by atoms with Gasteiger partial charge in [0.15, 0.2) is 0 Å². The molecule has 0 aliphatic heterocycles. The van der Waals surface area contributed by atoms with E-state index in [4.69, 9.17) is 0 Å². The molecule has 1 atom stereocenters. The van der Waals surface area contributed by atoms with Gasteiger partial charge in [-0.3, -0.25) is 9.59 Å². The highest BCUT2D eigenvalue weighted by atomic mass is 32.2. The van der Waals surface area contributed by atoms with Crippen LogP contribution in [0.1, 0.15) is 49.2 Å². The molecule has 0 bridgehead atoms. The van der Waals surface area contributed by atoms with Crippen molar-refractivity contribution in [2.75, 3.05) is 13.1 Å². The Bertz CT molecular complexity index is 1030. The van der Waals surface area contributed by atoms with E-state index in [1.807, 2.05) is 45.0 Å². The summed E-state index contributed by atoms with van der Waals surface area (Å²) >= 11 is 0. The first-order valence-corrected chi connectivity index (χ1v) is 12.3. The lowest BCUT2D eigenvalue weighted by Crippen LogP contribution is -2.49. The number of hydrogen-bond donors (Lipinski definition) is 2. The van der Waals surface area contributed by atoms with E-state index in [0.717, 1.165) is 11.1 Å². The lowest BCUT2D eigenvalue weighted by molar-refractivity contribution is -0.124. The molecule has 8 heteroatoms. The molecule has 0 radical (unpaired) electrons. The molecule has 7 nitrogen and oxygen atoms in total. The van der Waals surface area contributed by atoms with Crippen molar-refractivity contribution in [1.29, 1.82) is 0 Å². The van der Waals surface area contributed by atoms with Gasteiger partial charge in [-0.1, -0.05) is 63.6 Å². The molecule has 0 saturated carbocycles. The number of benzene rings is 2. The Labute approximate surface area is 191 Å². The number of amides is 2. The molecule has 0 aromatic heterocycles. The van der Waals surface area contributed by atoms with Crippen LogP contribution in [0.4, 0.5) is 0 Å². The van der Waals surface area contributed by atoms with Crippen LogP contribution in [-0.4, -0.2) is 43.7 Å². The van der Waals surface area contributed by atoms with Gasteiger partial charge in [-0.05, 0) is 36.6 Å². The topological polar surface area (TPSA) is 95.6 Å². The van der Waals surface area contributed by atoms with Gasteiger partial charge in [0.25, 0.3) is 5.91 Å². The van der Waals surface area contributed by atoms with Crippen molar-refractivity contribution < 1.29 is 18.0 Å². The minimum absolute atomic E-state index is 0.0544. The maximum Gasteiger partial charge on any atom is 0.251 e. The predicted octanol–water partition coefficient (Wildman–Crippen LogP) is 3.10. The minimum atomic E-state index is -3.69. The third-order valence-corrected chi connectivity index (χ3v) is 7.31. The smallest absolute Gasteiger partial charge is 0.251 e. The summed E-state index contributed by atoms with van der Waals surface area (Å²) in [4.78, 5) is 25.7. The number of hydrogen-bond acceptors (Lipinski definition) is 4. The van der Waals surface area contributed by atoms with Crippen LogP contribution in [0.3, 0.4) is 0 Å². The molecule has 2 N–H and O–H groups in total. The van der Waals surface area contributed by atoms with E-state index in [1.54, 1.807) is 13.8 Å². The Balaban J connectivity index is 2.14. The van der Waals surface area contributed by atoms with Crippen LogP contribution < -0.4 is 10.6 Å². The van der Waals surface area contributed by atoms with E-state index in [1.165, 1.54) is 28.6 Å². The number of rotatable bonds is 10. The van der Waals surface area contributed by atoms with Crippen LogP contribution in [0, 0.1) is 12.8 Å².